The van der Waals surface area contributed by atoms with Gasteiger partial charge in [-0.15, -0.1) is 0 Å². The zero-order chi connectivity index (χ0) is 30.5. The lowest BCUT2D eigenvalue weighted by Crippen LogP contribution is -2.26. The molecule has 0 saturated heterocycles. The normalized spacial score (nSPS) is 12.2. The second kappa shape index (κ2) is 10.8. The molecule has 5 aromatic carbocycles. The first kappa shape index (κ1) is 26.9. The van der Waals surface area contributed by atoms with E-state index in [4.69, 9.17) is 9.72 Å². The molecule has 0 unspecified atom stereocenters. The fraction of sp³-hybridized carbons (Fsp3) is 0.100. The van der Waals surface area contributed by atoms with E-state index in [1.54, 1.807) is 0 Å². The van der Waals surface area contributed by atoms with Crippen LogP contribution in [0.25, 0.3) is 44.8 Å². The van der Waals surface area contributed by atoms with Crippen molar-refractivity contribution in [2.24, 2.45) is 0 Å². The van der Waals surface area contributed by atoms with Crippen molar-refractivity contribution in [3.63, 3.8) is 0 Å². The molecule has 218 valence electrons. The average molecular weight is 585 g/mol. The van der Waals surface area contributed by atoms with E-state index in [9.17, 15) is 0 Å². The number of nitrogens with zero attached hydrogens (tertiary/aromatic N) is 4. The van der Waals surface area contributed by atoms with Crippen molar-refractivity contribution < 1.29 is 4.74 Å². The number of imidazole rings is 1. The number of aryl methyl sites for hydroxylation is 3. The van der Waals surface area contributed by atoms with Crippen LogP contribution in [-0.2, 0) is 6.67 Å². The second-order valence-electron chi connectivity index (χ2n) is 11.8. The molecule has 45 heavy (non-hydrogen) atoms. The number of ether oxygens (including phenoxy) is 1. The molecule has 0 amide bonds. The van der Waals surface area contributed by atoms with E-state index in [-0.39, 0.29) is 0 Å². The molecule has 0 saturated carbocycles. The number of benzene rings is 5. The summed E-state index contributed by atoms with van der Waals surface area (Å²) in [4.78, 5) is 11.9. The number of para-hydroxylation sites is 3. The molecule has 2 aromatic heterocycles. The maximum absolute atomic E-state index is 6.68. The Hall–Kier alpha value is -5.68. The molecule has 1 aliphatic rings. The number of hydrogen-bond donors (Lipinski definition) is 0. The van der Waals surface area contributed by atoms with Crippen LogP contribution in [-0.4, -0.2) is 14.5 Å². The first-order valence-electron chi connectivity index (χ1n) is 15.3. The van der Waals surface area contributed by atoms with Crippen LogP contribution in [0.3, 0.4) is 0 Å². The van der Waals surface area contributed by atoms with Crippen LogP contribution in [0, 0.1) is 20.8 Å². The molecule has 0 fully saturated rings. The molecule has 5 heteroatoms. The molecule has 0 bridgehead atoms. The largest absolute Gasteiger partial charge is 0.457 e. The molecule has 0 N–H and O–H groups in total. The van der Waals surface area contributed by atoms with Gasteiger partial charge in [0.05, 0.1) is 22.4 Å². The van der Waals surface area contributed by atoms with E-state index >= 15 is 0 Å². The summed E-state index contributed by atoms with van der Waals surface area (Å²) in [5.74, 6) is 2.53. The summed E-state index contributed by atoms with van der Waals surface area (Å²) in [5.41, 5.74) is 13.4. The minimum absolute atomic E-state index is 0.636. The molecule has 0 aliphatic carbocycles. The topological polar surface area (TPSA) is 43.2 Å². The summed E-state index contributed by atoms with van der Waals surface area (Å²) in [5, 5.41) is 0. The van der Waals surface area contributed by atoms with Gasteiger partial charge in [-0.1, -0.05) is 60.2 Å². The average Bonchev–Trinajstić information content (AvgIpc) is 3.43. The molecule has 0 spiro atoms. The smallest absolute Gasteiger partial charge is 0.144 e. The second-order valence-corrected chi connectivity index (χ2v) is 11.8. The number of fused-ring (bicyclic) bond motifs is 5. The van der Waals surface area contributed by atoms with E-state index < -0.39 is 0 Å². The Kier molecular flexibility index (Phi) is 6.45. The first-order valence-corrected chi connectivity index (χ1v) is 15.3. The Labute approximate surface area is 263 Å². The third-order valence-corrected chi connectivity index (χ3v) is 8.57. The van der Waals surface area contributed by atoms with Crippen molar-refractivity contribution in [2.75, 3.05) is 4.90 Å². The number of hydrogen-bond acceptors (Lipinski definition) is 4. The Morgan fingerprint density at radius 2 is 1.44 bits per heavy atom. The van der Waals surface area contributed by atoms with Crippen LogP contribution in [0.2, 0.25) is 0 Å². The highest BCUT2D eigenvalue weighted by atomic mass is 16.5. The lowest BCUT2D eigenvalue weighted by Gasteiger charge is -2.33. The van der Waals surface area contributed by atoms with Gasteiger partial charge in [-0.05, 0) is 104 Å². The number of anilines is 2. The minimum Gasteiger partial charge on any atom is -0.457 e. The van der Waals surface area contributed by atoms with E-state index in [1.165, 1.54) is 22.3 Å². The van der Waals surface area contributed by atoms with Gasteiger partial charge in [0, 0.05) is 29.1 Å². The van der Waals surface area contributed by atoms with Crippen molar-refractivity contribution in [1.29, 1.82) is 0 Å². The van der Waals surface area contributed by atoms with E-state index in [1.807, 2.05) is 42.6 Å². The van der Waals surface area contributed by atoms with Crippen molar-refractivity contribution in [3.8, 4) is 45.3 Å². The zero-order valence-corrected chi connectivity index (χ0v) is 25.5. The van der Waals surface area contributed by atoms with Gasteiger partial charge in [-0.2, -0.15) is 0 Å². The molecule has 0 atom stereocenters. The van der Waals surface area contributed by atoms with Crippen molar-refractivity contribution >= 4 is 22.4 Å². The van der Waals surface area contributed by atoms with Crippen LogP contribution in [0.5, 0.6) is 11.5 Å². The van der Waals surface area contributed by atoms with Gasteiger partial charge in [-0.3, -0.25) is 4.98 Å². The predicted octanol–water partition coefficient (Wildman–Crippen LogP) is 10.3. The highest BCUT2D eigenvalue weighted by molar-refractivity contribution is 5.89. The van der Waals surface area contributed by atoms with Crippen LogP contribution in [0.15, 0.2) is 128 Å². The molecule has 1 aliphatic heterocycles. The van der Waals surface area contributed by atoms with Gasteiger partial charge < -0.3 is 14.2 Å². The molecular formula is C40H32N4O. The van der Waals surface area contributed by atoms with Gasteiger partial charge in [0.25, 0.3) is 0 Å². The molecule has 3 heterocycles. The van der Waals surface area contributed by atoms with Gasteiger partial charge in [0.1, 0.15) is 24.0 Å². The van der Waals surface area contributed by atoms with Gasteiger partial charge in [0.2, 0.25) is 0 Å². The molecule has 5 nitrogen and oxygen atoms in total. The van der Waals surface area contributed by atoms with Crippen molar-refractivity contribution in [1.82, 2.24) is 14.5 Å². The standard InChI is InChI=1S/C40H32N4O/c1-26-19-27(2)39(28(3)20-26)30-21-31(24-33(23-30)45-32-12-10-11-29(22-32)35-14-8-9-18-41-35)43-25-44-38-17-7-5-15-36(38)42-40(44)34-13-4-6-16-37(34)43/h4-24H,25H2,1-3H3. The lowest BCUT2D eigenvalue weighted by molar-refractivity contribution is 0.483. The van der Waals surface area contributed by atoms with Crippen molar-refractivity contribution in [3.05, 3.63) is 144 Å². The van der Waals surface area contributed by atoms with Gasteiger partial charge in [0.15, 0.2) is 0 Å². The van der Waals surface area contributed by atoms with Crippen LogP contribution in [0.1, 0.15) is 16.7 Å². The predicted molar refractivity (Wildman–Crippen MR) is 183 cm³/mol. The highest BCUT2D eigenvalue weighted by Gasteiger charge is 2.27. The quantitative estimate of drug-likeness (QED) is 0.202. The summed E-state index contributed by atoms with van der Waals surface area (Å²) in [6.45, 7) is 7.18. The summed E-state index contributed by atoms with van der Waals surface area (Å²) < 4.78 is 8.99. The molecular weight excluding hydrogens is 552 g/mol. The fourth-order valence-corrected chi connectivity index (χ4v) is 6.73. The summed E-state index contributed by atoms with van der Waals surface area (Å²) in [6.07, 6.45) is 1.82. The monoisotopic (exact) mass is 584 g/mol. The Balaban J connectivity index is 1.29. The van der Waals surface area contributed by atoms with Crippen LogP contribution < -0.4 is 9.64 Å². The third-order valence-electron chi connectivity index (χ3n) is 8.57. The van der Waals surface area contributed by atoms with E-state index in [0.717, 1.165) is 62.1 Å². The molecule has 7 aromatic rings. The zero-order valence-electron chi connectivity index (χ0n) is 25.5. The summed E-state index contributed by atoms with van der Waals surface area (Å²) in [6, 6.07) is 42.1. The van der Waals surface area contributed by atoms with Crippen LogP contribution >= 0.6 is 0 Å². The van der Waals surface area contributed by atoms with E-state index in [0.29, 0.717) is 6.67 Å². The fourth-order valence-electron chi connectivity index (χ4n) is 6.73. The third kappa shape index (κ3) is 4.83. The van der Waals surface area contributed by atoms with E-state index in [2.05, 4.69) is 120 Å². The number of rotatable bonds is 5. The Morgan fingerprint density at radius 1 is 0.667 bits per heavy atom. The summed E-state index contributed by atoms with van der Waals surface area (Å²) in [7, 11) is 0. The Morgan fingerprint density at radius 3 is 2.29 bits per heavy atom. The number of pyridine rings is 1. The Bertz CT molecular complexity index is 2190. The maximum Gasteiger partial charge on any atom is 0.144 e. The lowest BCUT2D eigenvalue weighted by atomic mass is 9.93. The van der Waals surface area contributed by atoms with Gasteiger partial charge in [-0.25, -0.2) is 4.98 Å². The van der Waals surface area contributed by atoms with Gasteiger partial charge >= 0.3 is 0 Å². The van der Waals surface area contributed by atoms with Crippen molar-refractivity contribution in [2.45, 2.75) is 27.4 Å². The number of aromatic nitrogens is 3. The summed E-state index contributed by atoms with van der Waals surface area (Å²) >= 11 is 0. The minimum atomic E-state index is 0.636. The molecule has 0 radical (unpaired) electrons. The first-order chi connectivity index (χ1) is 22.0. The molecule has 8 rings (SSSR count). The van der Waals surface area contributed by atoms with Crippen LogP contribution in [0.4, 0.5) is 11.4 Å². The highest BCUT2D eigenvalue weighted by Crippen LogP contribution is 2.44. The maximum atomic E-state index is 6.68. The SMILES string of the molecule is Cc1cc(C)c(-c2cc(Oc3cccc(-c4ccccn4)c3)cc(N3Cn4c(nc5ccccc54)-c4ccccc43)c2)c(C)c1.